The van der Waals surface area contributed by atoms with Crippen LogP contribution in [0.25, 0.3) is 0 Å². The summed E-state index contributed by atoms with van der Waals surface area (Å²) in [6.07, 6.45) is -3.30. The molecule has 1 aliphatic heterocycles. The molecule has 0 bridgehead atoms. The lowest BCUT2D eigenvalue weighted by Crippen LogP contribution is -2.57. The number of carbonyl (C=O) groups is 6. The number of ether oxygens (including phenoxy) is 3. The van der Waals surface area contributed by atoms with E-state index in [2.05, 4.69) is 0 Å². The first-order chi connectivity index (χ1) is 20.2. The molecule has 1 fully saturated rings. The van der Waals surface area contributed by atoms with E-state index in [0.717, 1.165) is 4.90 Å². The quantitative estimate of drug-likeness (QED) is 0.322. The van der Waals surface area contributed by atoms with Crippen LogP contribution in [-0.2, 0) is 43.0 Å². The van der Waals surface area contributed by atoms with Crippen molar-refractivity contribution in [2.45, 2.75) is 119 Å². The van der Waals surface area contributed by atoms with Crippen molar-refractivity contribution in [2.75, 3.05) is 21.1 Å². The third-order valence-corrected chi connectivity index (χ3v) is 8.37. The zero-order chi connectivity index (χ0) is 34.4. The van der Waals surface area contributed by atoms with Crippen LogP contribution >= 0.6 is 0 Å². The van der Waals surface area contributed by atoms with Crippen molar-refractivity contribution in [1.29, 1.82) is 0 Å². The lowest BCUT2D eigenvalue weighted by molar-refractivity contribution is -0.180. The maximum Gasteiger partial charge on any atom is 0.329 e. The van der Waals surface area contributed by atoms with Gasteiger partial charge in [0.25, 0.3) is 17.7 Å². The molecule has 0 radical (unpaired) electrons. The van der Waals surface area contributed by atoms with E-state index in [1.807, 2.05) is 6.92 Å². The number of nitrogens with zero attached hydrogens (tertiary/aromatic N) is 3. The van der Waals surface area contributed by atoms with Gasteiger partial charge in [0.05, 0.1) is 0 Å². The summed E-state index contributed by atoms with van der Waals surface area (Å²) in [5.41, 5.74) is 0. The zero-order valence-corrected chi connectivity index (χ0v) is 29.1. The SMILES string of the molecule is CC[C@H](C)[C@H]1C(=O)O[C@H](C(C)C)C(=O)N(C)[C@@H](C)C(=O)O[C@H](C(C)C)C(=O)N(C)[C@@H](C(C)C)C(=O)O[C@H](C(C)C)C(=O)N1C. The minimum atomic E-state index is -1.27. The first-order valence-corrected chi connectivity index (χ1v) is 15.6. The first-order valence-electron chi connectivity index (χ1n) is 15.6. The van der Waals surface area contributed by atoms with Gasteiger partial charge >= 0.3 is 17.9 Å². The van der Waals surface area contributed by atoms with Crippen LogP contribution in [0.2, 0.25) is 0 Å². The molecule has 0 spiro atoms. The minimum absolute atomic E-state index is 0.375. The van der Waals surface area contributed by atoms with Crippen molar-refractivity contribution >= 4 is 35.6 Å². The number of hydrogen-bond acceptors (Lipinski definition) is 9. The third-order valence-electron chi connectivity index (χ3n) is 8.37. The second kappa shape index (κ2) is 16.2. The van der Waals surface area contributed by atoms with Gasteiger partial charge in [-0.2, -0.15) is 0 Å². The molecule has 0 aromatic carbocycles. The third kappa shape index (κ3) is 8.94. The van der Waals surface area contributed by atoms with Gasteiger partial charge < -0.3 is 28.9 Å². The fourth-order valence-electron chi connectivity index (χ4n) is 5.13. The Morgan fingerprint density at radius 2 is 0.841 bits per heavy atom. The van der Waals surface area contributed by atoms with Crippen LogP contribution in [0.1, 0.15) is 82.6 Å². The van der Waals surface area contributed by atoms with E-state index in [9.17, 15) is 28.8 Å². The average molecular weight is 626 g/mol. The Morgan fingerprint density at radius 3 is 1.18 bits per heavy atom. The van der Waals surface area contributed by atoms with E-state index < -0.39 is 95.7 Å². The molecule has 1 saturated heterocycles. The molecule has 12 heteroatoms. The fourth-order valence-corrected chi connectivity index (χ4v) is 5.13. The molecule has 0 aromatic heterocycles. The van der Waals surface area contributed by atoms with Crippen LogP contribution in [0.3, 0.4) is 0 Å². The summed E-state index contributed by atoms with van der Waals surface area (Å²) in [5, 5.41) is 0. The van der Waals surface area contributed by atoms with Gasteiger partial charge in [-0.25, -0.2) is 14.4 Å². The maximum atomic E-state index is 13.9. The van der Waals surface area contributed by atoms with Gasteiger partial charge in [-0.15, -0.1) is 0 Å². The van der Waals surface area contributed by atoms with Crippen molar-refractivity contribution in [3.05, 3.63) is 0 Å². The molecule has 0 saturated carbocycles. The van der Waals surface area contributed by atoms with Crippen molar-refractivity contribution in [3.8, 4) is 0 Å². The molecule has 44 heavy (non-hydrogen) atoms. The Kier molecular flexibility index (Phi) is 14.3. The summed E-state index contributed by atoms with van der Waals surface area (Å²) < 4.78 is 17.3. The topological polar surface area (TPSA) is 140 Å². The van der Waals surface area contributed by atoms with Gasteiger partial charge in [0.15, 0.2) is 18.3 Å². The van der Waals surface area contributed by atoms with E-state index in [1.165, 1.54) is 37.9 Å². The Labute approximate surface area is 263 Å². The number of likely N-dealkylation sites (N-methyl/N-ethyl adjacent to an activating group) is 3. The summed E-state index contributed by atoms with van der Waals surface area (Å²) in [6, 6.07) is -3.33. The summed E-state index contributed by atoms with van der Waals surface area (Å²) in [6.45, 7) is 18.8. The second-order valence-corrected chi connectivity index (χ2v) is 13.3. The lowest BCUT2D eigenvalue weighted by Gasteiger charge is -2.38. The van der Waals surface area contributed by atoms with E-state index in [0.29, 0.717) is 6.42 Å². The highest BCUT2D eigenvalue weighted by Crippen LogP contribution is 2.24. The van der Waals surface area contributed by atoms with Gasteiger partial charge in [0, 0.05) is 21.1 Å². The Morgan fingerprint density at radius 1 is 0.523 bits per heavy atom. The molecule has 252 valence electrons. The van der Waals surface area contributed by atoms with Crippen molar-refractivity contribution in [1.82, 2.24) is 14.7 Å². The molecule has 3 amide bonds. The number of cyclic esters (lactones) is 3. The fraction of sp³-hybridized carbons (Fsp3) is 0.812. The maximum absolute atomic E-state index is 13.9. The zero-order valence-electron chi connectivity index (χ0n) is 29.1. The van der Waals surface area contributed by atoms with Crippen LogP contribution in [0.15, 0.2) is 0 Å². The molecule has 0 aliphatic carbocycles. The molecule has 12 nitrogen and oxygen atoms in total. The van der Waals surface area contributed by atoms with E-state index in [-0.39, 0.29) is 5.92 Å². The van der Waals surface area contributed by atoms with E-state index in [1.54, 1.807) is 62.3 Å². The average Bonchev–Trinajstić information content (AvgIpc) is 2.93. The van der Waals surface area contributed by atoms with Gasteiger partial charge in [0.1, 0.15) is 18.1 Å². The molecule has 7 atom stereocenters. The summed E-state index contributed by atoms with van der Waals surface area (Å²) in [7, 11) is 4.27. The number of amides is 3. The summed E-state index contributed by atoms with van der Waals surface area (Å²) in [5.74, 6) is -6.51. The molecule has 1 rings (SSSR count). The molecule has 1 aliphatic rings. The summed E-state index contributed by atoms with van der Waals surface area (Å²) in [4.78, 5) is 85.5. The highest BCUT2D eigenvalue weighted by atomic mass is 16.6. The van der Waals surface area contributed by atoms with Gasteiger partial charge in [-0.3, -0.25) is 14.4 Å². The standard InChI is InChI=1S/C32H55N3O9/c1-15-20(10)23-32(41)44-24(17(4)5)27(36)33(12)21(11)30(39)42-25(18(6)7)28(37)34(13)22(16(2)3)31(40)43-26(19(8)9)29(38)35(23)14/h16-26H,15H2,1-14H3/t20-,21-,22-,23-,24+,25+,26+/m0/s1. The Bertz CT molecular complexity index is 1060. The predicted molar refractivity (Wildman–Crippen MR) is 164 cm³/mol. The van der Waals surface area contributed by atoms with E-state index >= 15 is 0 Å². The summed E-state index contributed by atoms with van der Waals surface area (Å²) >= 11 is 0. The van der Waals surface area contributed by atoms with Gasteiger partial charge in [-0.1, -0.05) is 75.7 Å². The lowest BCUT2D eigenvalue weighted by atomic mass is 9.95. The van der Waals surface area contributed by atoms with Gasteiger partial charge in [-0.05, 0) is 36.5 Å². The van der Waals surface area contributed by atoms with Crippen molar-refractivity contribution in [3.63, 3.8) is 0 Å². The predicted octanol–water partition coefficient (Wildman–Crippen LogP) is 2.91. The van der Waals surface area contributed by atoms with Crippen LogP contribution in [0, 0.1) is 29.6 Å². The molecule has 0 N–H and O–H groups in total. The number of carbonyl (C=O) groups excluding carboxylic acids is 6. The number of rotatable bonds is 6. The smallest absolute Gasteiger partial charge is 0.329 e. The van der Waals surface area contributed by atoms with Crippen LogP contribution in [0.5, 0.6) is 0 Å². The van der Waals surface area contributed by atoms with Gasteiger partial charge in [0.2, 0.25) is 0 Å². The number of hydrogen-bond donors (Lipinski definition) is 0. The van der Waals surface area contributed by atoms with Crippen LogP contribution in [0.4, 0.5) is 0 Å². The van der Waals surface area contributed by atoms with Crippen LogP contribution in [-0.4, -0.2) is 108 Å². The molecular weight excluding hydrogens is 570 g/mol. The highest BCUT2D eigenvalue weighted by Gasteiger charge is 2.44. The Hall–Kier alpha value is -3.18. The van der Waals surface area contributed by atoms with E-state index in [4.69, 9.17) is 14.2 Å². The first kappa shape index (κ1) is 38.8. The molecule has 1 heterocycles. The Balaban J connectivity index is 3.86. The van der Waals surface area contributed by atoms with Crippen LogP contribution < -0.4 is 0 Å². The monoisotopic (exact) mass is 625 g/mol. The molecule has 0 aromatic rings. The molecule has 0 unspecified atom stereocenters. The largest absolute Gasteiger partial charge is 0.450 e. The van der Waals surface area contributed by atoms with Crippen molar-refractivity contribution < 1.29 is 43.0 Å². The minimum Gasteiger partial charge on any atom is -0.450 e. The van der Waals surface area contributed by atoms with Crippen molar-refractivity contribution in [2.24, 2.45) is 29.6 Å². The number of esters is 3. The second-order valence-electron chi connectivity index (χ2n) is 13.3. The highest BCUT2D eigenvalue weighted by molar-refractivity contribution is 5.94. The molecular formula is C32H55N3O9. The normalized spacial score (nSPS) is 28.4.